The molecule has 1 N–H and O–H groups in total. The molecule has 2 saturated heterocycles. The highest BCUT2D eigenvalue weighted by Crippen LogP contribution is 2.43. The summed E-state index contributed by atoms with van der Waals surface area (Å²) in [5, 5.41) is 3.44. The fourth-order valence-corrected chi connectivity index (χ4v) is 10.4. The number of likely N-dealkylation sites (tertiary alicyclic amines) is 1. The summed E-state index contributed by atoms with van der Waals surface area (Å²) in [6.07, 6.45) is 20.6. The predicted molar refractivity (Wildman–Crippen MR) is 269 cm³/mol. The van der Waals surface area contributed by atoms with Crippen molar-refractivity contribution < 1.29 is 18.6 Å². The van der Waals surface area contributed by atoms with Gasteiger partial charge in [-0.15, -0.1) is 0 Å². The van der Waals surface area contributed by atoms with E-state index in [-0.39, 0.29) is 5.79 Å². The number of hydrogen-bond donors (Lipinski definition) is 1. The van der Waals surface area contributed by atoms with E-state index in [0.717, 1.165) is 145 Å². The lowest BCUT2D eigenvalue weighted by molar-refractivity contribution is -0.106. The third-order valence-electron chi connectivity index (χ3n) is 12.7. The molecule has 12 nitrogen and oxygen atoms in total. The Morgan fingerprint density at radius 3 is 1.57 bits per heavy atom. The normalized spacial score (nSPS) is 17.3. The topological polar surface area (TPSA) is 130 Å². The van der Waals surface area contributed by atoms with Crippen LogP contribution < -0.4 is 14.8 Å². The molecular formula is C54H68N8O4Si. The van der Waals surface area contributed by atoms with E-state index in [2.05, 4.69) is 69.1 Å². The molecule has 4 aliphatic rings. The standard InChI is InChI=1S/C25H28N4O.C21H22N4O.C8H18O2Si/c1-30-22-4-2-3-21(15-22)23-16-27-25(20-7-11-26-12-8-20)28-24(23)19-9-13-29(14-10-19)17-18-5-6-18;1-26-18-4-2-3-17(13-18)19-14-24-21(16-7-11-23-12-8-16)25-20(19)15-5-9-22-10-6-15;1-5-9-8(6-7-8)10-11(2,3)4/h2-4,7-8,11-12,15-16,18-19H,5-6,9-10,13-14,17H2,1H3;2-4,7-8,11-15,22H,5-6,9-10H2,1H3;5-7H2,1-4H3. The van der Waals surface area contributed by atoms with Gasteiger partial charge in [-0.05, 0) is 157 Å². The number of methoxy groups -OCH3 is 2. The second kappa shape index (κ2) is 22.6. The average molecular weight is 921 g/mol. The van der Waals surface area contributed by atoms with Crippen molar-refractivity contribution in [3.63, 3.8) is 0 Å². The molecule has 2 aromatic carbocycles. The number of rotatable bonds is 14. The van der Waals surface area contributed by atoms with Gasteiger partial charge in [0.05, 0.1) is 25.6 Å². The Kier molecular flexibility index (Phi) is 16.2. The Balaban J connectivity index is 0.000000150. The molecule has 2 saturated carbocycles. The number of nitrogens with zero attached hydrogens (tertiary/aromatic N) is 7. The van der Waals surface area contributed by atoms with Crippen LogP contribution >= 0.6 is 0 Å². The lowest BCUT2D eigenvalue weighted by atomic mass is 9.88. The maximum atomic E-state index is 5.89. The fourth-order valence-electron chi connectivity index (χ4n) is 9.07. The van der Waals surface area contributed by atoms with E-state index in [1.807, 2.05) is 67.8 Å². The highest BCUT2D eigenvalue weighted by Gasteiger charge is 2.48. The SMILES string of the molecule is CCOC1(O[Si](C)(C)C)CC1.COc1cccc(-c2cnc(-c3ccncc3)nc2C2CCN(CC3CC3)CC2)c1.COc1cccc(-c2cnc(-c3ccncc3)nc2C2CCNCC2)c1. The summed E-state index contributed by atoms with van der Waals surface area (Å²) in [6.45, 7) is 15.0. The molecule has 0 radical (unpaired) electrons. The van der Waals surface area contributed by atoms with E-state index in [0.29, 0.717) is 11.8 Å². The van der Waals surface area contributed by atoms with E-state index >= 15 is 0 Å². The summed E-state index contributed by atoms with van der Waals surface area (Å²) in [7, 11) is 2.00. The van der Waals surface area contributed by atoms with Gasteiger partial charge in [-0.3, -0.25) is 9.97 Å². The Morgan fingerprint density at radius 1 is 0.642 bits per heavy atom. The van der Waals surface area contributed by atoms with Crippen molar-refractivity contribution in [3.05, 3.63) is 121 Å². The molecule has 0 amide bonds. The van der Waals surface area contributed by atoms with Crippen molar-refractivity contribution in [3.8, 4) is 56.5 Å². The Morgan fingerprint density at radius 2 is 1.13 bits per heavy atom. The molecule has 0 atom stereocenters. The molecule has 10 rings (SSSR count). The monoisotopic (exact) mass is 921 g/mol. The summed E-state index contributed by atoms with van der Waals surface area (Å²) in [5.41, 5.74) is 8.71. The maximum absolute atomic E-state index is 5.89. The van der Waals surface area contributed by atoms with E-state index in [9.17, 15) is 0 Å². The van der Waals surface area contributed by atoms with E-state index < -0.39 is 8.32 Å². The van der Waals surface area contributed by atoms with Crippen LogP contribution in [-0.4, -0.2) is 102 Å². The van der Waals surface area contributed by atoms with Crippen LogP contribution in [0.4, 0.5) is 0 Å². The first kappa shape index (κ1) is 48.0. The first-order valence-electron chi connectivity index (χ1n) is 24.2. The van der Waals surface area contributed by atoms with Crippen LogP contribution in [0.2, 0.25) is 19.6 Å². The molecule has 0 bridgehead atoms. The molecule has 6 aromatic rings. The van der Waals surface area contributed by atoms with Crippen LogP contribution in [0.5, 0.6) is 11.5 Å². The summed E-state index contributed by atoms with van der Waals surface area (Å²) >= 11 is 0. The van der Waals surface area contributed by atoms with Crippen molar-refractivity contribution in [2.45, 2.75) is 95.6 Å². The fraction of sp³-hybridized carbons (Fsp3) is 0.444. The minimum atomic E-state index is -1.39. The smallest absolute Gasteiger partial charge is 0.187 e. The minimum absolute atomic E-state index is 0.154. The van der Waals surface area contributed by atoms with Crippen molar-refractivity contribution in [1.82, 2.24) is 40.1 Å². The molecule has 2 aliphatic carbocycles. The van der Waals surface area contributed by atoms with Gasteiger partial charge in [0.2, 0.25) is 0 Å². The van der Waals surface area contributed by atoms with Crippen LogP contribution in [0.25, 0.3) is 45.0 Å². The number of pyridine rings is 2. The molecule has 6 heterocycles. The Hall–Kier alpha value is -5.44. The van der Waals surface area contributed by atoms with Gasteiger partial charge < -0.3 is 28.9 Å². The quantitative estimate of drug-likeness (QED) is 0.0824. The van der Waals surface area contributed by atoms with Crippen LogP contribution in [0.3, 0.4) is 0 Å². The van der Waals surface area contributed by atoms with Gasteiger partial charge in [0.25, 0.3) is 0 Å². The largest absolute Gasteiger partial charge is 0.497 e. The molecule has 0 unspecified atom stereocenters. The number of ether oxygens (including phenoxy) is 3. The molecule has 4 fully saturated rings. The summed E-state index contributed by atoms with van der Waals surface area (Å²) < 4.78 is 22.3. The Bertz CT molecular complexity index is 2490. The minimum Gasteiger partial charge on any atom is -0.497 e. The van der Waals surface area contributed by atoms with Crippen LogP contribution in [0.15, 0.2) is 110 Å². The zero-order valence-corrected chi connectivity index (χ0v) is 41.3. The van der Waals surface area contributed by atoms with Crippen molar-refractivity contribution in [1.29, 1.82) is 0 Å². The summed E-state index contributed by atoms with van der Waals surface area (Å²) in [5.74, 6) is 4.91. The van der Waals surface area contributed by atoms with Gasteiger partial charge in [-0.1, -0.05) is 24.3 Å². The van der Waals surface area contributed by atoms with Crippen LogP contribution in [0.1, 0.15) is 81.5 Å². The number of hydrogen-bond acceptors (Lipinski definition) is 12. The summed E-state index contributed by atoms with van der Waals surface area (Å²) in [6, 6.07) is 24.2. The molecule has 352 valence electrons. The van der Waals surface area contributed by atoms with Crippen LogP contribution in [-0.2, 0) is 9.16 Å². The van der Waals surface area contributed by atoms with E-state index in [1.165, 1.54) is 19.4 Å². The highest BCUT2D eigenvalue weighted by atomic mass is 28.4. The van der Waals surface area contributed by atoms with Crippen molar-refractivity contribution in [2.24, 2.45) is 5.92 Å². The number of nitrogens with one attached hydrogen (secondary N) is 1. The molecule has 2 aliphatic heterocycles. The van der Waals surface area contributed by atoms with Gasteiger partial charge >= 0.3 is 0 Å². The van der Waals surface area contributed by atoms with Gasteiger partial charge in [0, 0.05) is 97.3 Å². The zero-order valence-electron chi connectivity index (χ0n) is 40.3. The Labute approximate surface area is 398 Å². The van der Waals surface area contributed by atoms with E-state index in [4.69, 9.17) is 33.6 Å². The predicted octanol–water partition coefficient (Wildman–Crippen LogP) is 10.8. The number of benzene rings is 2. The third-order valence-corrected chi connectivity index (χ3v) is 13.7. The van der Waals surface area contributed by atoms with Crippen molar-refractivity contribution >= 4 is 8.32 Å². The van der Waals surface area contributed by atoms with Gasteiger partial charge in [0.1, 0.15) is 11.5 Å². The van der Waals surface area contributed by atoms with Crippen LogP contribution in [0, 0.1) is 5.92 Å². The summed E-state index contributed by atoms with van der Waals surface area (Å²) in [4.78, 5) is 30.3. The molecule has 0 spiro atoms. The molecular weight excluding hydrogens is 853 g/mol. The van der Waals surface area contributed by atoms with Gasteiger partial charge in [0.15, 0.2) is 25.8 Å². The molecule has 4 aromatic heterocycles. The first-order chi connectivity index (χ1) is 32.6. The number of aromatic nitrogens is 6. The second-order valence-electron chi connectivity index (χ2n) is 19.0. The zero-order chi connectivity index (χ0) is 46.6. The number of piperidine rings is 2. The molecule has 13 heteroatoms. The lowest BCUT2D eigenvalue weighted by Gasteiger charge is -2.32. The molecule has 67 heavy (non-hydrogen) atoms. The van der Waals surface area contributed by atoms with Crippen molar-refractivity contribution in [2.75, 3.05) is 53.6 Å². The highest BCUT2D eigenvalue weighted by molar-refractivity contribution is 6.69. The van der Waals surface area contributed by atoms with Gasteiger partial charge in [-0.2, -0.15) is 0 Å². The van der Waals surface area contributed by atoms with Gasteiger partial charge in [-0.25, -0.2) is 19.9 Å². The lowest BCUT2D eigenvalue weighted by Crippen LogP contribution is -2.34. The first-order valence-corrected chi connectivity index (χ1v) is 27.6. The second-order valence-corrected chi connectivity index (χ2v) is 23.5. The maximum Gasteiger partial charge on any atom is 0.187 e. The van der Waals surface area contributed by atoms with E-state index in [1.54, 1.807) is 39.0 Å². The third kappa shape index (κ3) is 13.4. The average Bonchev–Trinajstić information content (AvgIpc) is 4.33.